The smallest absolute Gasteiger partial charge is 0.231 e. The number of benzene rings is 2. The molecule has 1 N–H and O–H groups in total. The third-order valence-electron chi connectivity index (χ3n) is 4.77. The van der Waals surface area contributed by atoms with Crippen molar-refractivity contribution in [3.05, 3.63) is 65.6 Å². The van der Waals surface area contributed by atoms with E-state index in [1.165, 1.54) is 0 Å². The number of imidazole rings is 1. The number of anilines is 1. The summed E-state index contributed by atoms with van der Waals surface area (Å²) in [7, 11) is 1.65. The van der Waals surface area contributed by atoms with E-state index in [0.29, 0.717) is 28.7 Å². The van der Waals surface area contributed by atoms with Crippen LogP contribution in [0.15, 0.2) is 55.0 Å². The first kappa shape index (κ1) is 17.6. The molecule has 4 aromatic rings. The molecule has 146 valence electrons. The lowest BCUT2D eigenvalue weighted by molar-refractivity contribution is 0.174. The molecular formula is C21H17ClN4O3. The van der Waals surface area contributed by atoms with Crippen molar-refractivity contribution in [2.45, 2.75) is 6.54 Å². The highest BCUT2D eigenvalue weighted by Gasteiger charge is 2.22. The van der Waals surface area contributed by atoms with Crippen LogP contribution in [0.25, 0.3) is 16.9 Å². The van der Waals surface area contributed by atoms with Crippen LogP contribution in [-0.4, -0.2) is 28.3 Å². The molecule has 2 aromatic heterocycles. The first-order valence-corrected chi connectivity index (χ1v) is 9.39. The summed E-state index contributed by atoms with van der Waals surface area (Å²) in [6.07, 6.45) is 5.30. The SMILES string of the molecule is COc1ccc(CNc2c(-c3cc4c(cc3Cl)OCO4)nc3cnccn23)cc1. The Bertz CT molecular complexity index is 1190. The lowest BCUT2D eigenvalue weighted by Crippen LogP contribution is -2.03. The highest BCUT2D eigenvalue weighted by atomic mass is 35.5. The predicted octanol–water partition coefficient (Wildman–Crippen LogP) is 4.40. The largest absolute Gasteiger partial charge is 0.497 e. The van der Waals surface area contributed by atoms with E-state index in [9.17, 15) is 0 Å². The molecule has 0 radical (unpaired) electrons. The molecule has 1 aliphatic heterocycles. The molecule has 0 spiro atoms. The maximum atomic E-state index is 6.55. The Hall–Kier alpha value is -3.45. The Balaban J connectivity index is 1.56. The average Bonchev–Trinajstić information content (AvgIpc) is 3.35. The number of ether oxygens (including phenoxy) is 3. The van der Waals surface area contributed by atoms with E-state index in [-0.39, 0.29) is 6.79 Å². The second kappa shape index (κ2) is 7.18. The molecule has 5 rings (SSSR count). The van der Waals surface area contributed by atoms with Gasteiger partial charge in [-0.2, -0.15) is 0 Å². The molecule has 8 heteroatoms. The fourth-order valence-electron chi connectivity index (χ4n) is 3.29. The van der Waals surface area contributed by atoms with Crippen molar-refractivity contribution in [2.75, 3.05) is 19.2 Å². The minimum Gasteiger partial charge on any atom is -0.497 e. The van der Waals surface area contributed by atoms with Crippen LogP contribution >= 0.6 is 11.6 Å². The Morgan fingerprint density at radius 3 is 2.76 bits per heavy atom. The third-order valence-corrected chi connectivity index (χ3v) is 5.08. The molecule has 7 nitrogen and oxygen atoms in total. The molecule has 0 atom stereocenters. The van der Waals surface area contributed by atoms with Gasteiger partial charge in [-0.3, -0.25) is 9.38 Å². The van der Waals surface area contributed by atoms with Gasteiger partial charge in [0, 0.05) is 30.6 Å². The minimum absolute atomic E-state index is 0.187. The number of aromatic nitrogens is 3. The van der Waals surface area contributed by atoms with Crippen LogP contribution in [0.1, 0.15) is 5.56 Å². The molecule has 0 aliphatic carbocycles. The van der Waals surface area contributed by atoms with Crippen molar-refractivity contribution in [3.63, 3.8) is 0 Å². The molecule has 0 fully saturated rings. The van der Waals surface area contributed by atoms with Crippen molar-refractivity contribution >= 4 is 23.1 Å². The molecule has 0 bridgehead atoms. The van der Waals surface area contributed by atoms with Gasteiger partial charge in [0.2, 0.25) is 6.79 Å². The molecule has 0 amide bonds. The topological polar surface area (TPSA) is 69.9 Å². The first-order valence-electron chi connectivity index (χ1n) is 9.01. The lowest BCUT2D eigenvalue weighted by atomic mass is 10.1. The van der Waals surface area contributed by atoms with E-state index in [0.717, 1.165) is 28.4 Å². The van der Waals surface area contributed by atoms with E-state index < -0.39 is 0 Å². The number of hydrogen-bond acceptors (Lipinski definition) is 6. The summed E-state index contributed by atoms with van der Waals surface area (Å²) in [5.74, 6) is 2.93. The molecule has 1 aliphatic rings. The van der Waals surface area contributed by atoms with Crippen molar-refractivity contribution < 1.29 is 14.2 Å². The molecule has 0 saturated heterocycles. The first-order chi connectivity index (χ1) is 14.2. The summed E-state index contributed by atoms with van der Waals surface area (Å²) < 4.78 is 18.1. The van der Waals surface area contributed by atoms with Gasteiger partial charge in [0.1, 0.15) is 17.3 Å². The number of halogens is 1. The maximum Gasteiger partial charge on any atom is 0.231 e. The third kappa shape index (κ3) is 3.19. The molecule has 2 aromatic carbocycles. The Morgan fingerprint density at radius 1 is 1.17 bits per heavy atom. The lowest BCUT2D eigenvalue weighted by Gasteiger charge is -2.11. The Morgan fingerprint density at radius 2 is 1.97 bits per heavy atom. The summed E-state index contributed by atoms with van der Waals surface area (Å²) in [6.45, 7) is 0.794. The quantitative estimate of drug-likeness (QED) is 0.528. The van der Waals surface area contributed by atoms with Gasteiger partial charge in [0.15, 0.2) is 17.1 Å². The van der Waals surface area contributed by atoms with Gasteiger partial charge in [-0.25, -0.2) is 4.98 Å². The molecule has 0 unspecified atom stereocenters. The monoisotopic (exact) mass is 408 g/mol. The van der Waals surface area contributed by atoms with E-state index in [4.69, 9.17) is 30.8 Å². The minimum atomic E-state index is 0.187. The van der Waals surface area contributed by atoms with Crippen LogP contribution < -0.4 is 19.5 Å². The Labute approximate surface area is 171 Å². The van der Waals surface area contributed by atoms with E-state index in [1.54, 1.807) is 25.6 Å². The van der Waals surface area contributed by atoms with Crippen LogP contribution in [0.3, 0.4) is 0 Å². The van der Waals surface area contributed by atoms with Crippen LogP contribution in [-0.2, 0) is 6.54 Å². The summed E-state index contributed by atoms with van der Waals surface area (Å²) in [4.78, 5) is 8.92. The number of rotatable bonds is 5. The number of nitrogens with one attached hydrogen (secondary N) is 1. The normalized spacial score (nSPS) is 12.3. The number of fused-ring (bicyclic) bond motifs is 2. The fraction of sp³-hybridized carbons (Fsp3) is 0.143. The van der Waals surface area contributed by atoms with E-state index in [1.807, 2.05) is 40.9 Å². The van der Waals surface area contributed by atoms with Gasteiger partial charge in [-0.1, -0.05) is 23.7 Å². The highest BCUT2D eigenvalue weighted by Crippen LogP contribution is 2.42. The van der Waals surface area contributed by atoms with E-state index in [2.05, 4.69) is 10.3 Å². The second-order valence-corrected chi connectivity index (χ2v) is 6.91. The zero-order valence-corrected chi connectivity index (χ0v) is 16.3. The summed E-state index contributed by atoms with van der Waals surface area (Å²) >= 11 is 6.55. The molecule has 3 heterocycles. The van der Waals surface area contributed by atoms with Crippen LogP contribution in [0.4, 0.5) is 5.82 Å². The molecular weight excluding hydrogens is 392 g/mol. The molecule has 29 heavy (non-hydrogen) atoms. The predicted molar refractivity (Wildman–Crippen MR) is 110 cm³/mol. The van der Waals surface area contributed by atoms with Crippen molar-refractivity contribution in [1.82, 2.24) is 14.4 Å². The van der Waals surface area contributed by atoms with E-state index >= 15 is 0 Å². The van der Waals surface area contributed by atoms with Crippen LogP contribution in [0.2, 0.25) is 5.02 Å². The molecule has 0 saturated carbocycles. The zero-order chi connectivity index (χ0) is 19.8. The van der Waals surface area contributed by atoms with Gasteiger partial charge < -0.3 is 19.5 Å². The summed E-state index contributed by atoms with van der Waals surface area (Å²) in [5, 5.41) is 4.02. The second-order valence-electron chi connectivity index (χ2n) is 6.50. The number of hydrogen-bond donors (Lipinski definition) is 1. The van der Waals surface area contributed by atoms with Crippen LogP contribution in [0, 0.1) is 0 Å². The van der Waals surface area contributed by atoms with Crippen molar-refractivity contribution in [2.24, 2.45) is 0 Å². The van der Waals surface area contributed by atoms with Gasteiger partial charge in [0.05, 0.1) is 18.3 Å². The van der Waals surface area contributed by atoms with Gasteiger partial charge >= 0.3 is 0 Å². The van der Waals surface area contributed by atoms with Crippen molar-refractivity contribution in [3.8, 4) is 28.5 Å². The standard InChI is InChI=1S/C21H17ClN4O3/c1-27-14-4-2-13(3-5-14)10-24-21-20(25-19-11-23-6-7-26(19)21)15-8-17-18(9-16(15)22)29-12-28-17/h2-9,11,24H,10,12H2,1H3. The van der Waals surface area contributed by atoms with Gasteiger partial charge in [0.25, 0.3) is 0 Å². The van der Waals surface area contributed by atoms with Crippen LogP contribution in [0.5, 0.6) is 17.2 Å². The van der Waals surface area contributed by atoms with Gasteiger partial charge in [-0.05, 0) is 23.8 Å². The fourth-order valence-corrected chi connectivity index (χ4v) is 3.53. The number of nitrogens with zero attached hydrogens (tertiary/aromatic N) is 3. The Kier molecular flexibility index (Phi) is 4.37. The zero-order valence-electron chi connectivity index (χ0n) is 15.6. The number of methoxy groups -OCH3 is 1. The van der Waals surface area contributed by atoms with Crippen molar-refractivity contribution in [1.29, 1.82) is 0 Å². The summed E-state index contributed by atoms with van der Waals surface area (Å²) in [5.41, 5.74) is 3.30. The average molecular weight is 409 g/mol. The highest BCUT2D eigenvalue weighted by molar-refractivity contribution is 6.33. The van der Waals surface area contributed by atoms with Gasteiger partial charge in [-0.15, -0.1) is 0 Å². The summed E-state index contributed by atoms with van der Waals surface area (Å²) in [6, 6.07) is 11.5. The maximum absolute atomic E-state index is 6.55.